The molecule has 110 valence electrons. The molecule has 2 aromatic rings. The molecule has 1 aliphatic rings. The molecule has 22 heavy (non-hydrogen) atoms. The lowest BCUT2D eigenvalue weighted by atomic mass is 9.99. The Bertz CT molecular complexity index is 774. The van der Waals surface area contributed by atoms with Gasteiger partial charge in [-0.2, -0.15) is 0 Å². The molecule has 0 fully saturated rings. The minimum Gasteiger partial charge on any atom is -0.456 e. The van der Waals surface area contributed by atoms with Gasteiger partial charge in [0.1, 0.15) is 11.5 Å². The van der Waals surface area contributed by atoms with Gasteiger partial charge in [0.15, 0.2) is 0 Å². The zero-order chi connectivity index (χ0) is 15.5. The van der Waals surface area contributed by atoms with E-state index < -0.39 is 0 Å². The second-order valence-electron chi connectivity index (χ2n) is 5.14. The number of rotatable bonds is 3. The van der Waals surface area contributed by atoms with Crippen molar-refractivity contribution >= 4 is 29.7 Å². The van der Waals surface area contributed by atoms with Crippen molar-refractivity contribution in [1.82, 2.24) is 0 Å². The molecule has 2 aromatic carbocycles. The predicted octanol–water partition coefficient (Wildman–Crippen LogP) is 5.54. The van der Waals surface area contributed by atoms with E-state index in [4.69, 9.17) is 17.0 Å². The van der Waals surface area contributed by atoms with Crippen LogP contribution < -0.4 is 4.74 Å². The minimum atomic E-state index is 0.756. The summed E-state index contributed by atoms with van der Waals surface area (Å²) in [5.74, 6) is 1.58. The molecule has 1 nitrogen and oxygen atoms in total. The summed E-state index contributed by atoms with van der Waals surface area (Å²) in [6.07, 6.45) is 6.69. The van der Waals surface area contributed by atoms with E-state index in [1.165, 1.54) is 0 Å². The lowest BCUT2D eigenvalue weighted by Gasteiger charge is -2.17. The fourth-order valence-electron chi connectivity index (χ4n) is 2.49. The van der Waals surface area contributed by atoms with E-state index >= 15 is 0 Å². The molecule has 0 spiro atoms. The van der Waals surface area contributed by atoms with Crippen LogP contribution in [0.25, 0.3) is 11.1 Å². The molecule has 1 aliphatic carbocycles. The Morgan fingerprint density at radius 1 is 1.09 bits per heavy atom. The van der Waals surface area contributed by atoms with Crippen molar-refractivity contribution in [3.63, 3.8) is 0 Å². The Kier molecular flexibility index (Phi) is 4.46. The van der Waals surface area contributed by atoms with Gasteiger partial charge in [-0.05, 0) is 30.7 Å². The number of ether oxygens (including phenoxy) is 1. The molecule has 0 aromatic heterocycles. The number of hydrogen-bond donors (Lipinski definition) is 1. The van der Waals surface area contributed by atoms with Crippen molar-refractivity contribution < 1.29 is 4.74 Å². The van der Waals surface area contributed by atoms with Gasteiger partial charge in [-0.1, -0.05) is 54.7 Å². The molecule has 0 aliphatic heterocycles. The Morgan fingerprint density at radius 2 is 1.86 bits per heavy atom. The van der Waals surface area contributed by atoms with Crippen LogP contribution >= 0.6 is 24.8 Å². The van der Waals surface area contributed by atoms with Gasteiger partial charge in [0.25, 0.3) is 0 Å². The molecular formula is C19H16OS2. The number of thiol groups is 1. The van der Waals surface area contributed by atoms with Crippen molar-refractivity contribution in [3.8, 4) is 16.9 Å². The van der Waals surface area contributed by atoms with E-state index in [1.807, 2.05) is 48.6 Å². The highest BCUT2D eigenvalue weighted by molar-refractivity contribution is 7.81. The smallest absolute Gasteiger partial charge is 0.141 e. The summed E-state index contributed by atoms with van der Waals surface area (Å²) in [6.45, 7) is 2.06. The Labute approximate surface area is 141 Å². The van der Waals surface area contributed by atoms with Crippen LogP contribution in [0.5, 0.6) is 5.75 Å². The summed E-state index contributed by atoms with van der Waals surface area (Å²) in [5.41, 5.74) is 3.30. The van der Waals surface area contributed by atoms with Gasteiger partial charge in [0.2, 0.25) is 0 Å². The molecule has 0 radical (unpaired) electrons. The summed E-state index contributed by atoms with van der Waals surface area (Å²) in [5, 5.41) is 0. The first-order chi connectivity index (χ1) is 10.7. The van der Waals surface area contributed by atoms with Crippen LogP contribution in [0.3, 0.4) is 0 Å². The number of allylic oxidation sites excluding steroid dienone is 4. The van der Waals surface area contributed by atoms with Crippen molar-refractivity contribution in [1.29, 1.82) is 0 Å². The van der Waals surface area contributed by atoms with Gasteiger partial charge >= 0.3 is 0 Å². The fraction of sp³-hybridized carbons (Fsp3) is 0.105. The van der Waals surface area contributed by atoms with Crippen LogP contribution in [0.15, 0.2) is 71.3 Å². The summed E-state index contributed by atoms with van der Waals surface area (Å²) in [4.78, 5) is 1.77. The number of hydrogen-bond acceptors (Lipinski definition) is 3. The third-order valence-corrected chi connectivity index (χ3v) is 4.38. The van der Waals surface area contributed by atoms with Crippen molar-refractivity contribution in [2.45, 2.75) is 18.2 Å². The van der Waals surface area contributed by atoms with E-state index in [9.17, 15) is 0 Å². The zero-order valence-electron chi connectivity index (χ0n) is 12.2. The van der Waals surface area contributed by atoms with Crippen LogP contribution in [-0.2, 0) is 0 Å². The van der Waals surface area contributed by atoms with Crippen LogP contribution in [0.4, 0.5) is 0 Å². The molecule has 3 heteroatoms. The fourth-order valence-corrected chi connectivity index (χ4v) is 3.07. The molecule has 0 saturated carbocycles. The van der Waals surface area contributed by atoms with E-state index in [2.05, 4.69) is 31.7 Å². The number of thiocarbonyl (C=S) groups is 1. The van der Waals surface area contributed by atoms with Gasteiger partial charge in [-0.3, -0.25) is 0 Å². The first-order valence-electron chi connectivity index (χ1n) is 7.12. The number of benzene rings is 2. The Morgan fingerprint density at radius 3 is 2.59 bits per heavy atom. The van der Waals surface area contributed by atoms with E-state index in [0.717, 1.165) is 44.4 Å². The van der Waals surface area contributed by atoms with Gasteiger partial charge in [0, 0.05) is 22.4 Å². The van der Waals surface area contributed by atoms with Crippen molar-refractivity contribution in [2.75, 3.05) is 0 Å². The second kappa shape index (κ2) is 6.51. The highest BCUT2D eigenvalue weighted by Gasteiger charge is 2.14. The van der Waals surface area contributed by atoms with E-state index in [1.54, 1.807) is 0 Å². The Balaban J connectivity index is 2.02. The predicted molar refractivity (Wildman–Crippen MR) is 98.9 cm³/mol. The highest BCUT2D eigenvalue weighted by Crippen LogP contribution is 2.36. The average molecular weight is 324 g/mol. The quantitative estimate of drug-likeness (QED) is 0.586. The van der Waals surface area contributed by atoms with Crippen molar-refractivity contribution in [2.24, 2.45) is 0 Å². The summed E-state index contributed by atoms with van der Waals surface area (Å²) >= 11 is 9.96. The van der Waals surface area contributed by atoms with E-state index in [-0.39, 0.29) is 0 Å². The van der Waals surface area contributed by atoms with Crippen LogP contribution in [0.1, 0.15) is 12.0 Å². The van der Waals surface area contributed by atoms with Crippen molar-refractivity contribution in [3.05, 3.63) is 72.0 Å². The molecule has 0 atom stereocenters. The van der Waals surface area contributed by atoms with Gasteiger partial charge in [-0.15, -0.1) is 12.6 Å². The van der Waals surface area contributed by atoms with Gasteiger partial charge in [-0.25, -0.2) is 0 Å². The molecule has 3 rings (SSSR count). The molecule has 0 bridgehead atoms. The highest BCUT2D eigenvalue weighted by atomic mass is 32.1. The lowest BCUT2D eigenvalue weighted by Crippen LogP contribution is -2.09. The monoisotopic (exact) mass is 324 g/mol. The van der Waals surface area contributed by atoms with Gasteiger partial charge < -0.3 is 4.74 Å². The molecule has 0 amide bonds. The standard InChI is InChI=1S/C19H16OS2/c1-13-15(20-16-9-5-6-10-17(16)21)11-12-18(22)19(13)14-7-3-2-4-8-14/h2-9,11-12,22H,10H2,1H3. The topological polar surface area (TPSA) is 9.23 Å². The third-order valence-electron chi connectivity index (χ3n) is 3.64. The Hall–Kier alpha value is -1.84. The molecule has 0 heterocycles. The molecule has 0 unspecified atom stereocenters. The summed E-state index contributed by atoms with van der Waals surface area (Å²) < 4.78 is 6.05. The van der Waals surface area contributed by atoms with Crippen LogP contribution in [-0.4, -0.2) is 4.86 Å². The summed E-state index contributed by atoms with van der Waals surface area (Å²) in [7, 11) is 0. The molecular weight excluding hydrogens is 308 g/mol. The molecule has 0 saturated heterocycles. The zero-order valence-corrected chi connectivity index (χ0v) is 14.0. The van der Waals surface area contributed by atoms with E-state index in [0.29, 0.717) is 0 Å². The maximum atomic E-state index is 6.05. The SMILES string of the molecule is Cc1c(OC2=CC=CCC2=S)ccc(S)c1-c1ccccc1. The maximum absolute atomic E-state index is 6.05. The average Bonchev–Trinajstić information content (AvgIpc) is 2.53. The minimum absolute atomic E-state index is 0.756. The largest absolute Gasteiger partial charge is 0.456 e. The second-order valence-corrected chi connectivity index (χ2v) is 6.11. The summed E-state index contributed by atoms with van der Waals surface area (Å²) in [6, 6.07) is 14.1. The van der Waals surface area contributed by atoms with Crippen LogP contribution in [0, 0.1) is 6.92 Å². The third kappa shape index (κ3) is 3.01. The van der Waals surface area contributed by atoms with Crippen LogP contribution in [0.2, 0.25) is 0 Å². The molecule has 0 N–H and O–H groups in total. The lowest BCUT2D eigenvalue weighted by molar-refractivity contribution is 0.450. The first-order valence-corrected chi connectivity index (χ1v) is 7.98. The van der Waals surface area contributed by atoms with Gasteiger partial charge in [0.05, 0.1) is 4.86 Å². The normalized spacial score (nSPS) is 13.9. The maximum Gasteiger partial charge on any atom is 0.141 e. The first kappa shape index (κ1) is 15.1.